The van der Waals surface area contributed by atoms with Crippen LogP contribution in [0.3, 0.4) is 0 Å². The van der Waals surface area contributed by atoms with Crippen LogP contribution in [0.15, 0.2) is 24.3 Å². The second-order valence-electron chi connectivity index (χ2n) is 1.52. The molecule has 0 heterocycles. The van der Waals surface area contributed by atoms with Gasteiger partial charge in [-0.3, -0.25) is 0 Å². The summed E-state index contributed by atoms with van der Waals surface area (Å²) in [4.78, 5) is 0. The molecule has 0 fully saturated rings. The highest BCUT2D eigenvalue weighted by atomic mass is 35.5. The molecule has 0 saturated carbocycles. The quantitative estimate of drug-likeness (QED) is 0.457. The van der Waals surface area contributed by atoms with Crippen molar-refractivity contribution in [2.24, 2.45) is 0 Å². The minimum atomic E-state index is 0. The lowest BCUT2D eigenvalue weighted by atomic mass is 10.3. The Morgan fingerprint density at radius 1 is 1.22 bits per heavy atom. The number of hydrogen-bond donors (Lipinski definition) is 1. The highest BCUT2D eigenvalue weighted by Gasteiger charge is 1.87. The molecule has 0 aliphatic rings. The van der Waals surface area contributed by atoms with E-state index in [1.807, 2.05) is 12.1 Å². The predicted molar refractivity (Wildman–Crippen MR) is 47.0 cm³/mol. The molecule has 0 aliphatic heterocycles. The van der Waals surface area contributed by atoms with Gasteiger partial charge in [-0.05, 0) is 12.1 Å². The zero-order valence-corrected chi connectivity index (χ0v) is 7.14. The molecule has 1 rings (SSSR count). The fourth-order valence-electron chi connectivity index (χ4n) is 0.475. The maximum absolute atomic E-state index is 5.58. The van der Waals surface area contributed by atoms with Crippen LogP contribution in [0.1, 0.15) is 0 Å². The van der Waals surface area contributed by atoms with Crippen molar-refractivity contribution in [3.8, 4) is 0 Å². The van der Waals surface area contributed by atoms with Crippen molar-refractivity contribution >= 4 is 27.2 Å². The molecule has 0 radical (unpaired) electrons. The zero-order valence-electron chi connectivity index (χ0n) is 4.97. The molecular weight excluding hydrogens is 152 g/mol. The van der Waals surface area contributed by atoms with E-state index in [2.05, 4.69) is 0 Å². The van der Waals surface area contributed by atoms with Gasteiger partial charge in [-0.15, -0.1) is 0 Å². The van der Waals surface area contributed by atoms with Crippen LogP contribution in [-0.4, -0.2) is 0 Å². The maximum Gasteiger partial charge on any atom is 0.0635 e. The summed E-state index contributed by atoms with van der Waals surface area (Å²) in [5.41, 5.74) is 6.02. The van der Waals surface area contributed by atoms with Crippen molar-refractivity contribution in [2.75, 3.05) is 5.73 Å². The number of halogens is 1. The molecule has 3 heteroatoms. The molecule has 0 bridgehead atoms. The molecule has 1 unspecified atom stereocenters. The van der Waals surface area contributed by atoms with Gasteiger partial charge in [-0.25, -0.2) is 0 Å². The van der Waals surface area contributed by atoms with Crippen LogP contribution in [0.2, 0.25) is 5.02 Å². The maximum atomic E-state index is 5.58. The van der Waals surface area contributed by atoms with Crippen molar-refractivity contribution in [1.29, 1.82) is 0 Å². The van der Waals surface area contributed by atoms with E-state index in [-0.39, 0.29) is 9.90 Å². The van der Waals surface area contributed by atoms with Gasteiger partial charge < -0.3 is 5.73 Å². The summed E-state index contributed by atoms with van der Waals surface area (Å²) in [6, 6.07) is 7.22. The SMILES string of the molecule is Nc1ccccc1Cl.P. The van der Waals surface area contributed by atoms with Crippen molar-refractivity contribution in [3.05, 3.63) is 29.3 Å². The van der Waals surface area contributed by atoms with E-state index in [1.54, 1.807) is 12.1 Å². The van der Waals surface area contributed by atoms with Crippen molar-refractivity contribution in [3.63, 3.8) is 0 Å². The van der Waals surface area contributed by atoms with E-state index in [9.17, 15) is 0 Å². The number of hydrogen-bond acceptors (Lipinski definition) is 1. The lowest BCUT2D eigenvalue weighted by Gasteiger charge is -1.91. The Hall–Kier alpha value is -0.260. The molecule has 0 spiro atoms. The largest absolute Gasteiger partial charge is 0.398 e. The molecule has 9 heavy (non-hydrogen) atoms. The monoisotopic (exact) mass is 161 g/mol. The molecule has 0 aromatic heterocycles. The Bertz CT molecular complexity index is 169. The Kier molecular flexibility index (Phi) is 3.60. The second-order valence-corrected chi connectivity index (χ2v) is 1.93. The molecule has 50 valence electrons. The minimum Gasteiger partial charge on any atom is -0.398 e. The third-order valence-corrected chi connectivity index (χ3v) is 1.25. The number of nitrogen functional groups attached to an aromatic ring is 1. The van der Waals surface area contributed by atoms with E-state index in [1.165, 1.54) is 0 Å². The molecule has 0 amide bonds. The molecule has 1 nitrogen and oxygen atoms in total. The van der Waals surface area contributed by atoms with Crippen LogP contribution in [0, 0.1) is 0 Å². The number of nitrogens with two attached hydrogens (primary N) is 1. The van der Waals surface area contributed by atoms with Gasteiger partial charge >= 0.3 is 0 Å². The van der Waals surface area contributed by atoms with Gasteiger partial charge in [0, 0.05) is 0 Å². The smallest absolute Gasteiger partial charge is 0.0635 e. The Morgan fingerprint density at radius 3 is 2.11 bits per heavy atom. The number of benzene rings is 1. The van der Waals surface area contributed by atoms with E-state index in [0.29, 0.717) is 10.7 Å². The molecule has 2 N–H and O–H groups in total. The normalized spacial score (nSPS) is 8.11. The van der Waals surface area contributed by atoms with Crippen LogP contribution in [0.4, 0.5) is 5.69 Å². The summed E-state index contributed by atoms with van der Waals surface area (Å²) in [5.74, 6) is 0. The summed E-state index contributed by atoms with van der Waals surface area (Å²) in [6.07, 6.45) is 0. The highest BCUT2D eigenvalue weighted by Crippen LogP contribution is 2.15. The Balaban J connectivity index is 0.000000640. The third kappa shape index (κ3) is 2.21. The number of para-hydroxylation sites is 1. The van der Waals surface area contributed by atoms with Crippen molar-refractivity contribution < 1.29 is 0 Å². The summed E-state index contributed by atoms with van der Waals surface area (Å²) in [5, 5.41) is 0.618. The lowest BCUT2D eigenvalue weighted by molar-refractivity contribution is 1.68. The van der Waals surface area contributed by atoms with E-state index in [4.69, 9.17) is 17.3 Å². The fraction of sp³-hybridized carbons (Fsp3) is 0. The summed E-state index contributed by atoms with van der Waals surface area (Å²) >= 11 is 5.58. The van der Waals surface area contributed by atoms with E-state index in [0.717, 1.165) is 0 Å². The van der Waals surface area contributed by atoms with Gasteiger partial charge in [-0.1, -0.05) is 23.7 Å². The summed E-state index contributed by atoms with van der Waals surface area (Å²) < 4.78 is 0. The highest BCUT2D eigenvalue weighted by molar-refractivity contribution is 6.92. The van der Waals surface area contributed by atoms with Gasteiger partial charge in [0.25, 0.3) is 0 Å². The van der Waals surface area contributed by atoms with E-state index >= 15 is 0 Å². The fourth-order valence-corrected chi connectivity index (χ4v) is 0.611. The number of anilines is 1. The van der Waals surface area contributed by atoms with Crippen LogP contribution in [0.5, 0.6) is 0 Å². The van der Waals surface area contributed by atoms with Gasteiger partial charge in [0.2, 0.25) is 0 Å². The molecular formula is C6H9ClNP. The van der Waals surface area contributed by atoms with Crippen LogP contribution in [0.25, 0.3) is 0 Å². The summed E-state index contributed by atoms with van der Waals surface area (Å²) in [7, 11) is 0. The minimum absolute atomic E-state index is 0. The van der Waals surface area contributed by atoms with Gasteiger partial charge in [0.05, 0.1) is 10.7 Å². The zero-order chi connectivity index (χ0) is 5.98. The first-order chi connectivity index (χ1) is 3.80. The topological polar surface area (TPSA) is 26.0 Å². The Morgan fingerprint density at radius 2 is 1.78 bits per heavy atom. The first-order valence-electron chi connectivity index (χ1n) is 2.31. The molecule has 1 aromatic carbocycles. The molecule has 0 aliphatic carbocycles. The van der Waals surface area contributed by atoms with Crippen LogP contribution in [-0.2, 0) is 0 Å². The standard InChI is InChI=1S/C6H6ClN.H3P/c7-5-3-1-2-4-6(5)8;/h1-4H,8H2;1H3. The first-order valence-corrected chi connectivity index (χ1v) is 2.68. The Labute approximate surface area is 62.8 Å². The molecule has 1 aromatic rings. The van der Waals surface area contributed by atoms with Crippen LogP contribution >= 0.6 is 21.5 Å². The number of rotatable bonds is 0. The predicted octanol–water partition coefficient (Wildman–Crippen LogP) is 1.98. The average molecular weight is 162 g/mol. The molecule has 0 saturated heterocycles. The van der Waals surface area contributed by atoms with Crippen molar-refractivity contribution in [2.45, 2.75) is 0 Å². The van der Waals surface area contributed by atoms with Gasteiger partial charge in [0.1, 0.15) is 0 Å². The summed E-state index contributed by atoms with van der Waals surface area (Å²) in [6.45, 7) is 0. The van der Waals surface area contributed by atoms with Crippen LogP contribution < -0.4 is 5.73 Å². The van der Waals surface area contributed by atoms with E-state index < -0.39 is 0 Å². The second kappa shape index (κ2) is 3.71. The van der Waals surface area contributed by atoms with Crippen molar-refractivity contribution in [1.82, 2.24) is 0 Å². The molecule has 1 atom stereocenters. The lowest BCUT2D eigenvalue weighted by Crippen LogP contribution is -1.82. The first kappa shape index (κ1) is 8.74. The van der Waals surface area contributed by atoms with Gasteiger partial charge in [0.15, 0.2) is 0 Å². The average Bonchev–Trinajstić information content (AvgIpc) is 1.77. The van der Waals surface area contributed by atoms with Gasteiger partial charge in [-0.2, -0.15) is 9.90 Å². The third-order valence-electron chi connectivity index (χ3n) is 0.905.